The molecule has 0 aliphatic carbocycles. The summed E-state index contributed by atoms with van der Waals surface area (Å²) in [5, 5.41) is 8.77. The molecule has 0 radical (unpaired) electrons. The zero-order valence-corrected chi connectivity index (χ0v) is 13.2. The topological polar surface area (TPSA) is 33.0 Å². The number of benzene rings is 2. The first-order chi connectivity index (χ1) is 10.8. The smallest absolute Gasteiger partial charge is 0.118 e. The maximum absolute atomic E-state index is 8.77. The molecular weight excluding hydrogens is 270 g/mol. The number of rotatable bonds is 8. The Morgan fingerprint density at radius 3 is 1.73 bits per heavy atom. The summed E-state index contributed by atoms with van der Waals surface area (Å²) in [6.07, 6.45) is 7.22. The fraction of sp³-hybridized carbons (Fsp3) is 0.350. The van der Waals surface area contributed by atoms with Gasteiger partial charge in [-0.3, -0.25) is 0 Å². The largest absolute Gasteiger partial charge is 0.497 e. The first-order valence-electron chi connectivity index (χ1n) is 7.94. The van der Waals surface area contributed by atoms with Crippen LogP contribution in [0.2, 0.25) is 0 Å². The van der Waals surface area contributed by atoms with Crippen LogP contribution in [-0.2, 0) is 12.8 Å². The lowest BCUT2D eigenvalue weighted by Crippen LogP contribution is -1.89. The Hall–Kier alpha value is -2.27. The van der Waals surface area contributed by atoms with Crippen LogP contribution < -0.4 is 4.74 Å². The van der Waals surface area contributed by atoms with E-state index in [2.05, 4.69) is 30.3 Å². The predicted octanol–water partition coefficient (Wildman–Crippen LogP) is 4.91. The van der Waals surface area contributed by atoms with Crippen molar-refractivity contribution < 1.29 is 4.74 Å². The summed E-state index contributed by atoms with van der Waals surface area (Å²) in [7, 11) is 1.70. The summed E-state index contributed by atoms with van der Waals surface area (Å²) in [4.78, 5) is 0. The van der Waals surface area contributed by atoms with Crippen molar-refractivity contribution in [3.63, 3.8) is 0 Å². The molecule has 0 bridgehead atoms. The highest BCUT2D eigenvalue weighted by Crippen LogP contribution is 2.15. The van der Waals surface area contributed by atoms with Crippen LogP contribution in [0.4, 0.5) is 0 Å². The quantitative estimate of drug-likeness (QED) is 0.648. The van der Waals surface area contributed by atoms with E-state index < -0.39 is 0 Å². The molecule has 0 saturated heterocycles. The van der Waals surface area contributed by atoms with Crippen LogP contribution in [0.1, 0.15) is 42.4 Å². The van der Waals surface area contributed by atoms with Crippen LogP contribution in [-0.4, -0.2) is 7.11 Å². The third-order valence-corrected chi connectivity index (χ3v) is 3.92. The van der Waals surface area contributed by atoms with E-state index in [0.717, 1.165) is 24.2 Å². The molecular formula is C20H23NO. The molecule has 0 aliphatic rings. The summed E-state index contributed by atoms with van der Waals surface area (Å²) >= 11 is 0. The van der Waals surface area contributed by atoms with E-state index in [1.165, 1.54) is 36.8 Å². The standard InChI is InChI=1S/C20H23NO/c1-22-20-14-12-18(13-15-20)7-5-3-2-4-6-17-8-10-19(16-21)11-9-17/h8-15H,2-7H2,1H3. The molecule has 0 amide bonds. The van der Waals surface area contributed by atoms with E-state index in [1.54, 1.807) is 7.11 Å². The highest BCUT2D eigenvalue weighted by molar-refractivity contribution is 5.31. The SMILES string of the molecule is COc1ccc(CCCCCCc2ccc(C#N)cc2)cc1. The van der Waals surface area contributed by atoms with Crippen molar-refractivity contribution >= 4 is 0 Å². The minimum atomic E-state index is 0.739. The number of nitrogens with zero attached hydrogens (tertiary/aromatic N) is 1. The molecule has 2 aromatic carbocycles. The molecule has 0 heterocycles. The average Bonchev–Trinajstić information content (AvgIpc) is 2.59. The number of ether oxygens (including phenoxy) is 1. The molecule has 0 atom stereocenters. The molecule has 0 aliphatic heterocycles. The number of hydrogen-bond donors (Lipinski definition) is 0. The van der Waals surface area contributed by atoms with Gasteiger partial charge in [0.25, 0.3) is 0 Å². The predicted molar refractivity (Wildman–Crippen MR) is 90.0 cm³/mol. The van der Waals surface area contributed by atoms with Crippen molar-refractivity contribution in [2.45, 2.75) is 38.5 Å². The molecule has 0 aromatic heterocycles. The van der Waals surface area contributed by atoms with E-state index in [1.807, 2.05) is 24.3 Å². The third-order valence-electron chi connectivity index (χ3n) is 3.92. The van der Waals surface area contributed by atoms with Crippen molar-refractivity contribution in [1.29, 1.82) is 5.26 Å². The van der Waals surface area contributed by atoms with Gasteiger partial charge in [0.2, 0.25) is 0 Å². The molecule has 114 valence electrons. The van der Waals surface area contributed by atoms with Crippen LogP contribution in [0.3, 0.4) is 0 Å². The zero-order chi connectivity index (χ0) is 15.6. The Labute approximate surface area is 133 Å². The van der Waals surface area contributed by atoms with Crippen LogP contribution >= 0.6 is 0 Å². The molecule has 0 N–H and O–H groups in total. The Balaban J connectivity index is 1.59. The molecule has 0 unspecified atom stereocenters. The second kappa shape index (κ2) is 8.89. The van der Waals surface area contributed by atoms with Crippen molar-refractivity contribution in [2.75, 3.05) is 7.11 Å². The first kappa shape index (κ1) is 16.1. The van der Waals surface area contributed by atoms with Gasteiger partial charge >= 0.3 is 0 Å². The van der Waals surface area contributed by atoms with Gasteiger partial charge in [0.1, 0.15) is 5.75 Å². The van der Waals surface area contributed by atoms with E-state index in [-0.39, 0.29) is 0 Å². The fourth-order valence-corrected chi connectivity index (χ4v) is 2.55. The van der Waals surface area contributed by atoms with Crippen LogP contribution in [0.25, 0.3) is 0 Å². The Morgan fingerprint density at radius 1 is 0.773 bits per heavy atom. The number of hydrogen-bond acceptors (Lipinski definition) is 2. The monoisotopic (exact) mass is 293 g/mol. The maximum Gasteiger partial charge on any atom is 0.118 e. The van der Waals surface area contributed by atoms with Gasteiger partial charge in [-0.15, -0.1) is 0 Å². The van der Waals surface area contributed by atoms with Gasteiger partial charge in [-0.1, -0.05) is 37.1 Å². The highest BCUT2D eigenvalue weighted by Gasteiger charge is 1.97. The Kier molecular flexibility index (Phi) is 6.51. The van der Waals surface area contributed by atoms with Crippen LogP contribution in [0.5, 0.6) is 5.75 Å². The van der Waals surface area contributed by atoms with E-state index >= 15 is 0 Å². The number of nitriles is 1. The molecule has 0 fully saturated rings. The number of methoxy groups -OCH3 is 1. The van der Waals surface area contributed by atoms with Gasteiger partial charge < -0.3 is 4.74 Å². The second-order valence-corrected chi connectivity index (χ2v) is 5.57. The molecule has 2 nitrogen and oxygen atoms in total. The van der Waals surface area contributed by atoms with Gasteiger partial charge in [0.15, 0.2) is 0 Å². The van der Waals surface area contributed by atoms with Gasteiger partial charge in [0, 0.05) is 0 Å². The minimum Gasteiger partial charge on any atom is -0.497 e. The van der Waals surface area contributed by atoms with Crippen LogP contribution in [0.15, 0.2) is 48.5 Å². The minimum absolute atomic E-state index is 0.739. The van der Waals surface area contributed by atoms with Gasteiger partial charge in [-0.25, -0.2) is 0 Å². The van der Waals surface area contributed by atoms with E-state index in [9.17, 15) is 0 Å². The lowest BCUT2D eigenvalue weighted by Gasteiger charge is -2.04. The molecule has 2 aromatic rings. The first-order valence-corrected chi connectivity index (χ1v) is 7.94. The van der Waals surface area contributed by atoms with Gasteiger partial charge in [-0.2, -0.15) is 5.26 Å². The summed E-state index contributed by atoms with van der Waals surface area (Å²) in [6, 6.07) is 18.4. The number of aryl methyl sites for hydroxylation is 2. The van der Waals surface area contributed by atoms with E-state index in [4.69, 9.17) is 10.00 Å². The van der Waals surface area contributed by atoms with Crippen molar-refractivity contribution in [3.8, 4) is 11.8 Å². The molecule has 2 rings (SSSR count). The second-order valence-electron chi connectivity index (χ2n) is 5.57. The molecule has 0 spiro atoms. The van der Waals surface area contributed by atoms with Crippen molar-refractivity contribution in [1.82, 2.24) is 0 Å². The Morgan fingerprint density at radius 2 is 1.27 bits per heavy atom. The normalized spacial score (nSPS) is 10.2. The zero-order valence-electron chi connectivity index (χ0n) is 13.2. The molecule has 22 heavy (non-hydrogen) atoms. The summed E-state index contributed by atoms with van der Waals surface area (Å²) in [5.74, 6) is 0.922. The molecule has 0 saturated carbocycles. The summed E-state index contributed by atoms with van der Waals surface area (Å²) in [6.45, 7) is 0. The fourth-order valence-electron chi connectivity index (χ4n) is 2.55. The lowest BCUT2D eigenvalue weighted by atomic mass is 10.0. The Bertz CT molecular complexity index is 593. The molecule has 2 heteroatoms. The van der Waals surface area contributed by atoms with Gasteiger partial charge in [-0.05, 0) is 61.1 Å². The lowest BCUT2D eigenvalue weighted by molar-refractivity contribution is 0.414. The van der Waals surface area contributed by atoms with Crippen molar-refractivity contribution in [2.24, 2.45) is 0 Å². The third kappa shape index (κ3) is 5.26. The van der Waals surface area contributed by atoms with E-state index in [0.29, 0.717) is 0 Å². The maximum atomic E-state index is 8.77. The van der Waals surface area contributed by atoms with Gasteiger partial charge in [0.05, 0.1) is 18.7 Å². The van der Waals surface area contributed by atoms with Crippen LogP contribution in [0, 0.1) is 11.3 Å². The van der Waals surface area contributed by atoms with Crippen molar-refractivity contribution in [3.05, 3.63) is 65.2 Å². The summed E-state index contributed by atoms with van der Waals surface area (Å²) in [5.41, 5.74) is 3.45. The number of unbranched alkanes of at least 4 members (excludes halogenated alkanes) is 3. The summed E-state index contributed by atoms with van der Waals surface area (Å²) < 4.78 is 5.17. The highest BCUT2D eigenvalue weighted by atomic mass is 16.5. The average molecular weight is 293 g/mol.